The molecule has 1 heterocycles. The predicted octanol–water partition coefficient (Wildman–Crippen LogP) is 2.92. The van der Waals surface area contributed by atoms with E-state index in [4.69, 9.17) is 16.3 Å². The fourth-order valence-electron chi connectivity index (χ4n) is 3.05. The monoisotopic (exact) mass is 413 g/mol. The maximum Gasteiger partial charge on any atom is 0.320 e. The lowest BCUT2D eigenvalue weighted by Gasteiger charge is -2.12. The molecule has 0 saturated carbocycles. The number of aromatic nitrogens is 2. The topological polar surface area (TPSA) is 82.3 Å². The molecule has 0 saturated heterocycles. The van der Waals surface area contributed by atoms with Crippen molar-refractivity contribution in [2.24, 2.45) is 0 Å². The number of hydrogen-bond donors (Lipinski definition) is 1. The Morgan fingerprint density at radius 3 is 2.38 bits per heavy atom. The third-order valence-corrected chi connectivity index (χ3v) is 4.53. The van der Waals surface area contributed by atoms with Gasteiger partial charge in [-0.25, -0.2) is 0 Å². The van der Waals surface area contributed by atoms with E-state index in [0.29, 0.717) is 22.1 Å². The third-order valence-electron chi connectivity index (χ3n) is 4.29. The number of hydrogen-bond acceptors (Lipinski definition) is 4. The number of halogens is 1. The van der Waals surface area contributed by atoms with Gasteiger partial charge in [-0.15, -0.1) is 0 Å². The largest absolute Gasteiger partial charge is 0.495 e. The molecule has 1 amide bonds. The Morgan fingerprint density at radius 1 is 1.03 bits per heavy atom. The number of benzene rings is 2. The van der Waals surface area contributed by atoms with E-state index in [-0.39, 0.29) is 6.54 Å². The maximum atomic E-state index is 12.6. The lowest BCUT2D eigenvalue weighted by molar-refractivity contribution is -0.116. The number of carbonyl (C=O) groups is 1. The van der Waals surface area contributed by atoms with Gasteiger partial charge in [-0.3, -0.25) is 23.5 Å². The van der Waals surface area contributed by atoms with Crippen molar-refractivity contribution in [3.63, 3.8) is 0 Å². The standard InChI is InChI=1S/C21H20ClN3O4/c1-13-8-14(2)10-16(9-13)25-7-6-24(20(27)21(25)28)12-19(26)23-17-11-15(22)4-5-18(17)29-3/h4-11H,12H2,1-3H3,(H,23,26). The number of anilines is 1. The minimum Gasteiger partial charge on any atom is -0.495 e. The first-order chi connectivity index (χ1) is 13.8. The molecule has 8 heteroatoms. The summed E-state index contributed by atoms with van der Waals surface area (Å²) < 4.78 is 7.52. The summed E-state index contributed by atoms with van der Waals surface area (Å²) in [4.78, 5) is 37.5. The summed E-state index contributed by atoms with van der Waals surface area (Å²) in [6.07, 6.45) is 2.89. The molecule has 3 rings (SSSR count). The van der Waals surface area contributed by atoms with Gasteiger partial charge >= 0.3 is 11.1 Å². The molecule has 2 aromatic carbocycles. The lowest BCUT2D eigenvalue weighted by atomic mass is 10.1. The van der Waals surface area contributed by atoms with Crippen LogP contribution in [0.25, 0.3) is 5.69 Å². The van der Waals surface area contributed by atoms with Gasteiger partial charge < -0.3 is 10.1 Å². The second kappa shape index (κ2) is 8.36. The van der Waals surface area contributed by atoms with Gasteiger partial charge in [0.15, 0.2) is 0 Å². The second-order valence-electron chi connectivity index (χ2n) is 6.65. The van der Waals surface area contributed by atoms with Crippen LogP contribution in [-0.4, -0.2) is 22.2 Å². The summed E-state index contributed by atoms with van der Waals surface area (Å²) in [6.45, 7) is 3.51. The summed E-state index contributed by atoms with van der Waals surface area (Å²) in [5.41, 5.74) is 1.41. The van der Waals surface area contributed by atoms with Crippen LogP contribution < -0.4 is 21.2 Å². The van der Waals surface area contributed by atoms with Gasteiger partial charge in [-0.05, 0) is 55.3 Å². The molecule has 1 N–H and O–H groups in total. The molecule has 0 aliphatic carbocycles. The van der Waals surface area contributed by atoms with Crippen molar-refractivity contribution in [1.29, 1.82) is 0 Å². The van der Waals surface area contributed by atoms with Gasteiger partial charge in [-0.1, -0.05) is 17.7 Å². The fraction of sp³-hybridized carbons (Fsp3) is 0.190. The molecule has 0 fully saturated rings. The molecule has 0 radical (unpaired) electrons. The van der Waals surface area contributed by atoms with Gasteiger partial charge in [0.25, 0.3) is 0 Å². The molecule has 0 bridgehead atoms. The zero-order valence-corrected chi connectivity index (χ0v) is 17.0. The highest BCUT2D eigenvalue weighted by Crippen LogP contribution is 2.27. The van der Waals surface area contributed by atoms with E-state index in [1.807, 2.05) is 32.0 Å². The summed E-state index contributed by atoms with van der Waals surface area (Å²) in [5.74, 6) is -0.0588. The van der Waals surface area contributed by atoms with Crippen molar-refractivity contribution >= 4 is 23.2 Å². The molecule has 0 unspecified atom stereocenters. The number of rotatable bonds is 5. The first-order valence-corrected chi connectivity index (χ1v) is 9.20. The van der Waals surface area contributed by atoms with Crippen molar-refractivity contribution < 1.29 is 9.53 Å². The summed E-state index contributed by atoms with van der Waals surface area (Å²) >= 11 is 5.96. The number of amides is 1. The van der Waals surface area contributed by atoms with Gasteiger partial charge in [0.05, 0.1) is 12.8 Å². The molecular weight excluding hydrogens is 394 g/mol. The van der Waals surface area contributed by atoms with E-state index in [1.165, 1.54) is 24.1 Å². The Morgan fingerprint density at radius 2 is 1.72 bits per heavy atom. The van der Waals surface area contributed by atoms with E-state index in [0.717, 1.165) is 15.7 Å². The third kappa shape index (κ3) is 4.57. The van der Waals surface area contributed by atoms with E-state index in [1.54, 1.807) is 18.2 Å². The smallest absolute Gasteiger partial charge is 0.320 e. The lowest BCUT2D eigenvalue weighted by Crippen LogP contribution is -2.41. The van der Waals surface area contributed by atoms with Crippen molar-refractivity contribution in [1.82, 2.24) is 9.13 Å². The number of ether oxygens (including phenoxy) is 1. The van der Waals surface area contributed by atoms with Crippen LogP contribution in [0.4, 0.5) is 5.69 Å². The summed E-state index contributed by atoms with van der Waals surface area (Å²) in [5, 5.41) is 3.07. The number of methoxy groups -OCH3 is 1. The maximum absolute atomic E-state index is 12.6. The molecule has 0 aliphatic heterocycles. The van der Waals surface area contributed by atoms with Crippen LogP contribution in [0.2, 0.25) is 5.02 Å². The Labute approximate surface area is 172 Å². The van der Waals surface area contributed by atoms with Crippen molar-refractivity contribution in [3.05, 3.63) is 85.6 Å². The second-order valence-corrected chi connectivity index (χ2v) is 7.08. The van der Waals surface area contributed by atoms with E-state index >= 15 is 0 Å². The molecule has 0 aliphatic rings. The molecule has 150 valence electrons. The van der Waals surface area contributed by atoms with Crippen molar-refractivity contribution in [2.75, 3.05) is 12.4 Å². The molecule has 29 heavy (non-hydrogen) atoms. The zero-order chi connectivity index (χ0) is 21.1. The number of carbonyl (C=O) groups excluding carboxylic acids is 1. The van der Waals surface area contributed by atoms with Crippen LogP contribution in [0, 0.1) is 13.8 Å². The van der Waals surface area contributed by atoms with Gasteiger partial charge in [0.2, 0.25) is 5.91 Å². The summed E-state index contributed by atoms with van der Waals surface area (Å²) in [6, 6.07) is 10.4. The highest BCUT2D eigenvalue weighted by molar-refractivity contribution is 6.31. The Kier molecular flexibility index (Phi) is 5.89. The van der Waals surface area contributed by atoms with Crippen LogP contribution in [0.15, 0.2) is 58.4 Å². The highest BCUT2D eigenvalue weighted by atomic mass is 35.5. The Balaban J connectivity index is 1.87. The first kappa shape index (κ1) is 20.4. The Hall–Kier alpha value is -3.32. The molecular formula is C21H20ClN3O4. The predicted molar refractivity (Wildman–Crippen MR) is 112 cm³/mol. The molecule has 7 nitrogen and oxygen atoms in total. The molecule has 0 atom stereocenters. The SMILES string of the molecule is COc1ccc(Cl)cc1NC(=O)Cn1ccn(-c2cc(C)cc(C)c2)c(=O)c1=O. The summed E-state index contributed by atoms with van der Waals surface area (Å²) in [7, 11) is 1.47. The van der Waals surface area contributed by atoms with Crippen molar-refractivity contribution in [3.8, 4) is 11.4 Å². The van der Waals surface area contributed by atoms with E-state index in [9.17, 15) is 14.4 Å². The number of nitrogens with zero attached hydrogens (tertiary/aromatic N) is 2. The number of nitrogens with one attached hydrogen (secondary N) is 1. The zero-order valence-electron chi connectivity index (χ0n) is 16.2. The molecule has 0 spiro atoms. The van der Waals surface area contributed by atoms with Crippen LogP contribution >= 0.6 is 11.6 Å². The minimum atomic E-state index is -0.792. The van der Waals surface area contributed by atoms with Crippen LogP contribution in [0.5, 0.6) is 5.75 Å². The molecule has 3 aromatic rings. The van der Waals surface area contributed by atoms with Crippen molar-refractivity contribution in [2.45, 2.75) is 20.4 Å². The Bertz CT molecular complexity index is 1180. The number of aryl methyl sites for hydroxylation is 2. The normalized spacial score (nSPS) is 10.6. The van der Waals surface area contributed by atoms with E-state index < -0.39 is 17.0 Å². The van der Waals surface area contributed by atoms with Crippen LogP contribution in [0.1, 0.15) is 11.1 Å². The van der Waals surface area contributed by atoms with Crippen LogP contribution in [0.3, 0.4) is 0 Å². The highest BCUT2D eigenvalue weighted by Gasteiger charge is 2.13. The van der Waals surface area contributed by atoms with Crippen LogP contribution in [-0.2, 0) is 11.3 Å². The average molecular weight is 414 g/mol. The van der Waals surface area contributed by atoms with Gasteiger partial charge in [0, 0.05) is 23.1 Å². The quantitative estimate of drug-likeness (QED) is 0.652. The fourth-order valence-corrected chi connectivity index (χ4v) is 3.22. The first-order valence-electron chi connectivity index (χ1n) is 8.82. The van der Waals surface area contributed by atoms with Gasteiger partial charge in [-0.2, -0.15) is 0 Å². The van der Waals surface area contributed by atoms with Gasteiger partial charge in [0.1, 0.15) is 12.3 Å². The average Bonchev–Trinajstić information content (AvgIpc) is 2.65. The van der Waals surface area contributed by atoms with E-state index in [2.05, 4.69) is 5.32 Å². The minimum absolute atomic E-state index is 0.322. The molecule has 1 aromatic heterocycles.